The summed E-state index contributed by atoms with van der Waals surface area (Å²) in [5.41, 5.74) is 5.24. The van der Waals surface area contributed by atoms with Crippen LogP contribution in [0.15, 0.2) is 72.3 Å². The van der Waals surface area contributed by atoms with Crippen LogP contribution in [0.4, 0.5) is 5.69 Å². The average Bonchev–Trinajstić information content (AvgIpc) is 2.87. The Morgan fingerprint density at radius 2 is 1.23 bits per heavy atom. The van der Waals surface area contributed by atoms with Gasteiger partial charge in [-0.1, -0.05) is 24.3 Å². The normalized spacial score (nSPS) is 13.2. The van der Waals surface area contributed by atoms with Crippen molar-refractivity contribution in [1.82, 2.24) is 0 Å². The maximum atomic E-state index is 11.7. The molecule has 0 aliphatic heterocycles. The zero-order valence-corrected chi connectivity index (χ0v) is 27.4. The molecule has 0 aromatic heterocycles. The van der Waals surface area contributed by atoms with Crippen molar-refractivity contribution in [3.8, 4) is 0 Å². The summed E-state index contributed by atoms with van der Waals surface area (Å²) in [4.78, 5) is 2.22. The quantitative estimate of drug-likeness (QED) is 0.217. The molecule has 0 bridgehead atoms. The Kier molecular flexibility index (Phi) is 12.6. The van der Waals surface area contributed by atoms with E-state index < -0.39 is 31.7 Å². The van der Waals surface area contributed by atoms with E-state index in [9.17, 15) is 25.9 Å². The first kappa shape index (κ1) is 34.2. The maximum absolute atomic E-state index is 11.7. The van der Waals surface area contributed by atoms with Gasteiger partial charge in [-0.15, -0.1) is 0 Å². The molecule has 0 amide bonds. The van der Waals surface area contributed by atoms with Crippen molar-refractivity contribution in [2.45, 2.75) is 39.2 Å². The minimum atomic E-state index is -4.74. The van der Waals surface area contributed by atoms with Crippen LogP contribution in [-0.2, 0) is 31.7 Å². The van der Waals surface area contributed by atoms with Gasteiger partial charge in [-0.2, -0.15) is 0 Å². The number of anilines is 1. The Hall–Kier alpha value is -2.05. The van der Waals surface area contributed by atoms with Gasteiger partial charge in [0, 0.05) is 30.9 Å². The molecule has 0 radical (unpaired) electrons. The fraction of sp³-hybridized carbons (Fsp3) is 0.345. The van der Waals surface area contributed by atoms with Crippen LogP contribution in [0.5, 0.6) is 0 Å². The molecule has 0 fully saturated rings. The molecule has 1 aliphatic rings. The van der Waals surface area contributed by atoms with Gasteiger partial charge < -0.3 is 14.0 Å². The van der Waals surface area contributed by atoms with Gasteiger partial charge >= 0.3 is 29.6 Å². The van der Waals surface area contributed by atoms with Gasteiger partial charge in [0.05, 0.1) is 31.7 Å². The molecule has 40 heavy (non-hydrogen) atoms. The van der Waals surface area contributed by atoms with Crippen molar-refractivity contribution in [2.75, 3.05) is 31.1 Å². The van der Waals surface area contributed by atoms with Crippen molar-refractivity contribution >= 4 is 37.2 Å². The van der Waals surface area contributed by atoms with Gasteiger partial charge in [-0.3, -0.25) is 0 Å². The summed E-state index contributed by atoms with van der Waals surface area (Å²) in [6.07, 6.45) is 8.02. The molecule has 2 aromatic carbocycles. The van der Waals surface area contributed by atoms with Gasteiger partial charge in [0.1, 0.15) is 13.1 Å². The number of rotatable bonds is 11. The zero-order chi connectivity index (χ0) is 28.8. The van der Waals surface area contributed by atoms with Crippen molar-refractivity contribution in [3.05, 3.63) is 94.6 Å². The largest absolute Gasteiger partial charge is 1.00 e. The summed E-state index contributed by atoms with van der Waals surface area (Å²) < 4.78 is 71.6. The van der Waals surface area contributed by atoms with E-state index in [2.05, 4.69) is 37.2 Å². The van der Waals surface area contributed by atoms with Gasteiger partial charge in [-0.05, 0) is 91.4 Å². The summed E-state index contributed by atoms with van der Waals surface area (Å²) in [5, 5.41) is 0. The number of hydrogen-bond acceptors (Lipinski definition) is 7. The van der Waals surface area contributed by atoms with Crippen LogP contribution >= 0.6 is 0 Å². The Balaban J connectivity index is 0.00000560. The van der Waals surface area contributed by atoms with Gasteiger partial charge in [0.2, 0.25) is 0 Å². The SMILES string of the molecule is CCN(CC)c1ccc(C(=C2C=CC(=[N+](CC)CC)C=C2)c2ccc(CS(=O)(=O)[O-])c(CS(=O)(=O)[O-])c2)cc1.[Na+]. The predicted octanol–water partition coefficient (Wildman–Crippen LogP) is 1.05. The number of benzene rings is 2. The van der Waals surface area contributed by atoms with Gasteiger partial charge in [-0.25, -0.2) is 21.4 Å². The van der Waals surface area contributed by atoms with Crippen molar-refractivity contribution in [1.29, 1.82) is 0 Å². The van der Waals surface area contributed by atoms with Crippen molar-refractivity contribution in [3.63, 3.8) is 0 Å². The summed E-state index contributed by atoms with van der Waals surface area (Å²) in [6, 6.07) is 12.6. The first-order valence-corrected chi connectivity index (χ1v) is 16.1. The summed E-state index contributed by atoms with van der Waals surface area (Å²) >= 11 is 0. The molecule has 3 rings (SSSR count). The minimum absolute atomic E-state index is 0. The van der Waals surface area contributed by atoms with Crippen LogP contribution in [0.2, 0.25) is 0 Å². The average molecular weight is 595 g/mol. The van der Waals surface area contributed by atoms with Crippen LogP contribution in [-0.4, -0.2) is 62.4 Å². The molecule has 2 aromatic rings. The summed E-state index contributed by atoms with van der Waals surface area (Å²) in [7, 11) is -9.43. The van der Waals surface area contributed by atoms with Crippen LogP contribution in [0.3, 0.4) is 0 Å². The number of allylic oxidation sites excluding steroid dienone is 5. The third kappa shape index (κ3) is 9.24. The Labute approximate surface area is 260 Å². The van der Waals surface area contributed by atoms with Crippen LogP contribution < -0.4 is 34.5 Å². The van der Waals surface area contributed by atoms with E-state index >= 15 is 0 Å². The third-order valence-electron chi connectivity index (χ3n) is 6.73. The zero-order valence-electron chi connectivity index (χ0n) is 23.8. The minimum Gasteiger partial charge on any atom is -0.748 e. The molecule has 11 heteroatoms. The molecule has 1 aliphatic carbocycles. The van der Waals surface area contributed by atoms with E-state index in [0.717, 1.165) is 54.3 Å². The standard InChI is InChI=1S/C29H36N2O6S2.Na/c1-5-30(6-2)27-15-11-22(12-16-27)29(23-13-17-28(18-14-23)31(7-3)8-4)24-9-10-25(20-38(32,33)34)26(19-24)21-39(35,36)37;/h9-19H,5-8,20-21H2,1-4H3,(H-,32,33,34,35,36,37);/q;+1/p-1. The van der Waals surface area contributed by atoms with Crippen LogP contribution in [0.25, 0.3) is 5.57 Å². The monoisotopic (exact) mass is 594 g/mol. The first-order chi connectivity index (χ1) is 18.4. The Bertz CT molecular complexity index is 1510. The topological polar surface area (TPSA) is 121 Å². The maximum Gasteiger partial charge on any atom is 1.00 e. The smallest absolute Gasteiger partial charge is 0.748 e. The predicted molar refractivity (Wildman–Crippen MR) is 154 cm³/mol. The van der Waals surface area contributed by atoms with Gasteiger partial charge in [0.25, 0.3) is 0 Å². The van der Waals surface area contributed by atoms with E-state index in [4.69, 9.17) is 0 Å². The number of hydrogen-bond donors (Lipinski definition) is 0. The molecule has 0 saturated heterocycles. The second-order valence-electron chi connectivity index (χ2n) is 9.20. The van der Waals surface area contributed by atoms with Crippen LogP contribution in [0, 0.1) is 0 Å². The molecule has 0 spiro atoms. The molecule has 0 atom stereocenters. The molecule has 8 nitrogen and oxygen atoms in total. The summed E-state index contributed by atoms with van der Waals surface area (Å²) in [5.74, 6) is -1.81. The Morgan fingerprint density at radius 1 is 0.725 bits per heavy atom. The molecular weight excluding hydrogens is 559 g/mol. The fourth-order valence-electron chi connectivity index (χ4n) is 4.79. The van der Waals surface area contributed by atoms with Crippen molar-refractivity contribution in [2.24, 2.45) is 0 Å². The molecule has 210 valence electrons. The second kappa shape index (κ2) is 14.7. The first-order valence-electron chi connectivity index (χ1n) is 13.0. The van der Waals surface area contributed by atoms with Crippen molar-refractivity contribution < 1.29 is 60.1 Å². The van der Waals surface area contributed by atoms with E-state index in [1.54, 1.807) is 6.07 Å². The van der Waals surface area contributed by atoms with E-state index in [1.807, 2.05) is 48.6 Å². The van der Waals surface area contributed by atoms with Gasteiger partial charge in [0.15, 0.2) is 5.71 Å². The molecule has 0 unspecified atom stereocenters. The molecular formula is C29H35N2NaO6S2. The van der Waals surface area contributed by atoms with Crippen LogP contribution in [0.1, 0.15) is 49.9 Å². The molecule has 0 heterocycles. The second-order valence-corrected chi connectivity index (χ2v) is 12.0. The summed E-state index contributed by atoms with van der Waals surface area (Å²) in [6.45, 7) is 11.8. The Morgan fingerprint density at radius 3 is 1.70 bits per heavy atom. The third-order valence-corrected chi connectivity index (χ3v) is 8.06. The van der Waals surface area contributed by atoms with E-state index in [1.165, 1.54) is 12.1 Å². The fourth-order valence-corrected chi connectivity index (χ4v) is 6.10. The van der Waals surface area contributed by atoms with E-state index in [0.29, 0.717) is 5.56 Å². The number of nitrogens with zero attached hydrogens (tertiary/aromatic N) is 2. The van der Waals surface area contributed by atoms with E-state index in [-0.39, 0.29) is 40.7 Å². The molecule has 0 saturated carbocycles. The molecule has 0 N–H and O–H groups in total.